The highest BCUT2D eigenvalue weighted by atomic mass is 35.5. The van der Waals surface area contributed by atoms with Crippen LogP contribution in [-0.2, 0) is 4.79 Å². The smallest absolute Gasteiger partial charge is 0.233 e. The molecule has 1 aliphatic heterocycles. The third-order valence-electron chi connectivity index (χ3n) is 4.37. The van der Waals surface area contributed by atoms with Gasteiger partial charge in [0, 0.05) is 29.7 Å². The van der Waals surface area contributed by atoms with E-state index in [1.165, 1.54) is 0 Å². The SMILES string of the molecule is O=C1CS[C@@H](c2cn(-c3ccccc3)nc2-c2ccccc2)N1CCCl. The molecule has 1 aromatic heterocycles. The maximum absolute atomic E-state index is 12.3. The minimum Gasteiger partial charge on any atom is -0.324 e. The molecule has 1 saturated heterocycles. The number of hydrogen-bond acceptors (Lipinski definition) is 3. The lowest BCUT2D eigenvalue weighted by atomic mass is 10.1. The van der Waals surface area contributed by atoms with Gasteiger partial charge >= 0.3 is 0 Å². The number of thioether (sulfide) groups is 1. The number of para-hydroxylation sites is 1. The highest BCUT2D eigenvalue weighted by molar-refractivity contribution is 8.00. The number of aromatic nitrogens is 2. The normalized spacial score (nSPS) is 17.0. The number of hydrogen-bond donors (Lipinski definition) is 0. The van der Waals surface area contributed by atoms with Crippen LogP contribution in [0.5, 0.6) is 0 Å². The molecule has 26 heavy (non-hydrogen) atoms. The number of amides is 1. The molecular weight excluding hydrogens is 366 g/mol. The van der Waals surface area contributed by atoms with E-state index in [4.69, 9.17) is 16.7 Å². The summed E-state index contributed by atoms with van der Waals surface area (Å²) in [7, 11) is 0. The number of rotatable bonds is 5. The van der Waals surface area contributed by atoms with Crippen molar-refractivity contribution in [2.75, 3.05) is 18.2 Å². The van der Waals surface area contributed by atoms with Gasteiger partial charge in [-0.25, -0.2) is 4.68 Å². The summed E-state index contributed by atoms with van der Waals surface area (Å²) in [5.74, 6) is 1.04. The Balaban J connectivity index is 1.82. The van der Waals surface area contributed by atoms with Gasteiger partial charge in [0.25, 0.3) is 0 Å². The molecule has 0 spiro atoms. The second kappa shape index (κ2) is 7.56. The van der Waals surface area contributed by atoms with Crippen molar-refractivity contribution in [2.24, 2.45) is 0 Å². The van der Waals surface area contributed by atoms with Crippen molar-refractivity contribution in [3.63, 3.8) is 0 Å². The summed E-state index contributed by atoms with van der Waals surface area (Å²) >= 11 is 7.57. The van der Waals surface area contributed by atoms with Gasteiger partial charge in [-0.2, -0.15) is 5.10 Å². The standard InChI is InChI=1S/C20H18ClN3OS/c21-11-12-23-18(25)14-26-20(23)17-13-24(16-9-5-2-6-10-16)22-19(17)15-7-3-1-4-8-15/h1-10,13,20H,11-12,14H2/t20-/m0/s1. The molecule has 0 bridgehead atoms. The van der Waals surface area contributed by atoms with Gasteiger partial charge in [-0.05, 0) is 12.1 Å². The molecule has 4 rings (SSSR count). The third kappa shape index (κ3) is 3.24. The third-order valence-corrected chi connectivity index (χ3v) is 5.78. The lowest BCUT2D eigenvalue weighted by Crippen LogP contribution is -2.30. The summed E-state index contributed by atoms with van der Waals surface area (Å²) in [6, 6.07) is 20.1. The minimum absolute atomic E-state index is 0.0612. The first-order valence-electron chi connectivity index (χ1n) is 8.45. The first-order chi connectivity index (χ1) is 12.8. The van der Waals surface area contributed by atoms with E-state index in [9.17, 15) is 4.79 Å². The average molecular weight is 384 g/mol. The molecule has 2 aromatic carbocycles. The zero-order valence-corrected chi connectivity index (χ0v) is 15.7. The Morgan fingerprint density at radius 1 is 1.08 bits per heavy atom. The summed E-state index contributed by atoms with van der Waals surface area (Å²) in [5, 5.41) is 4.79. The largest absolute Gasteiger partial charge is 0.324 e. The molecule has 4 nitrogen and oxygen atoms in total. The number of carbonyl (C=O) groups excluding carboxylic acids is 1. The molecule has 1 atom stereocenters. The van der Waals surface area contributed by atoms with Gasteiger partial charge in [-0.15, -0.1) is 23.4 Å². The van der Waals surface area contributed by atoms with Crippen LogP contribution < -0.4 is 0 Å². The summed E-state index contributed by atoms with van der Waals surface area (Å²) in [6.45, 7) is 0.544. The molecule has 0 aliphatic carbocycles. The maximum atomic E-state index is 12.3. The highest BCUT2D eigenvalue weighted by Crippen LogP contribution is 2.42. The molecule has 2 heterocycles. The average Bonchev–Trinajstić information content (AvgIpc) is 3.28. The number of benzene rings is 2. The Labute approximate surface area is 161 Å². The number of alkyl halides is 1. The molecule has 132 valence electrons. The molecule has 0 radical (unpaired) electrons. The van der Waals surface area contributed by atoms with Crippen LogP contribution in [0.1, 0.15) is 10.9 Å². The fourth-order valence-electron chi connectivity index (χ4n) is 3.15. The van der Waals surface area contributed by atoms with Crippen molar-refractivity contribution in [3.05, 3.63) is 72.4 Å². The van der Waals surface area contributed by atoms with E-state index >= 15 is 0 Å². The lowest BCUT2D eigenvalue weighted by molar-refractivity contribution is -0.127. The number of halogens is 1. The van der Waals surface area contributed by atoms with E-state index in [-0.39, 0.29) is 11.3 Å². The molecular formula is C20H18ClN3OS. The van der Waals surface area contributed by atoms with E-state index in [0.717, 1.165) is 22.5 Å². The summed E-state index contributed by atoms with van der Waals surface area (Å²) < 4.78 is 1.89. The number of nitrogens with zero attached hydrogens (tertiary/aromatic N) is 3. The van der Waals surface area contributed by atoms with E-state index in [0.29, 0.717) is 18.2 Å². The van der Waals surface area contributed by atoms with E-state index < -0.39 is 0 Å². The van der Waals surface area contributed by atoms with Gasteiger partial charge < -0.3 is 4.90 Å². The van der Waals surface area contributed by atoms with Gasteiger partial charge in [-0.3, -0.25) is 4.79 Å². The van der Waals surface area contributed by atoms with Crippen LogP contribution in [0.15, 0.2) is 66.9 Å². The van der Waals surface area contributed by atoms with Crippen molar-refractivity contribution in [2.45, 2.75) is 5.37 Å². The predicted molar refractivity (Wildman–Crippen MR) is 107 cm³/mol. The van der Waals surface area contributed by atoms with Crippen molar-refractivity contribution >= 4 is 29.3 Å². The summed E-state index contributed by atoms with van der Waals surface area (Å²) in [4.78, 5) is 14.1. The summed E-state index contributed by atoms with van der Waals surface area (Å²) in [5.41, 5.74) is 3.99. The van der Waals surface area contributed by atoms with Gasteiger partial charge in [0.2, 0.25) is 5.91 Å². The van der Waals surface area contributed by atoms with E-state index in [2.05, 4.69) is 12.1 Å². The van der Waals surface area contributed by atoms with Crippen LogP contribution >= 0.6 is 23.4 Å². The highest BCUT2D eigenvalue weighted by Gasteiger charge is 2.35. The zero-order chi connectivity index (χ0) is 17.9. The molecule has 1 amide bonds. The fourth-order valence-corrected chi connectivity index (χ4v) is 4.55. The van der Waals surface area contributed by atoms with Crippen molar-refractivity contribution < 1.29 is 4.79 Å². The second-order valence-corrected chi connectivity index (χ2v) is 7.47. The zero-order valence-electron chi connectivity index (χ0n) is 14.1. The Bertz CT molecular complexity index is 898. The van der Waals surface area contributed by atoms with Crippen LogP contribution in [0, 0.1) is 0 Å². The van der Waals surface area contributed by atoms with Gasteiger partial charge in [0.15, 0.2) is 0 Å². The molecule has 0 N–H and O–H groups in total. The maximum Gasteiger partial charge on any atom is 0.233 e. The van der Waals surface area contributed by atoms with Crippen LogP contribution in [-0.4, -0.2) is 38.8 Å². The Morgan fingerprint density at radius 3 is 2.46 bits per heavy atom. The van der Waals surface area contributed by atoms with Gasteiger partial charge in [0.05, 0.1) is 17.1 Å². The number of carbonyl (C=O) groups is 1. The van der Waals surface area contributed by atoms with Crippen molar-refractivity contribution in [3.8, 4) is 16.9 Å². The first-order valence-corrected chi connectivity index (χ1v) is 10.0. The molecule has 1 aliphatic rings. The Morgan fingerprint density at radius 2 is 1.77 bits per heavy atom. The van der Waals surface area contributed by atoms with Crippen LogP contribution in [0.2, 0.25) is 0 Å². The Hall–Kier alpha value is -2.24. The first kappa shape index (κ1) is 17.2. The lowest BCUT2D eigenvalue weighted by Gasteiger charge is -2.22. The van der Waals surface area contributed by atoms with Crippen LogP contribution in [0.25, 0.3) is 16.9 Å². The molecule has 0 saturated carbocycles. The summed E-state index contributed by atoms with van der Waals surface area (Å²) in [6.07, 6.45) is 2.04. The molecule has 3 aromatic rings. The van der Waals surface area contributed by atoms with Gasteiger partial charge in [0.1, 0.15) is 5.37 Å². The van der Waals surface area contributed by atoms with Crippen molar-refractivity contribution in [1.29, 1.82) is 0 Å². The fraction of sp³-hybridized carbons (Fsp3) is 0.200. The quantitative estimate of drug-likeness (QED) is 0.615. The van der Waals surface area contributed by atoms with Crippen LogP contribution in [0.4, 0.5) is 0 Å². The van der Waals surface area contributed by atoms with Crippen LogP contribution in [0.3, 0.4) is 0 Å². The molecule has 6 heteroatoms. The monoisotopic (exact) mass is 383 g/mol. The van der Waals surface area contributed by atoms with E-state index in [1.54, 1.807) is 11.8 Å². The van der Waals surface area contributed by atoms with E-state index in [1.807, 2.05) is 64.3 Å². The second-order valence-electron chi connectivity index (χ2n) is 6.02. The van der Waals surface area contributed by atoms with Gasteiger partial charge in [-0.1, -0.05) is 48.5 Å². The minimum atomic E-state index is -0.0612. The topological polar surface area (TPSA) is 38.1 Å². The predicted octanol–water partition coefficient (Wildman–Crippen LogP) is 4.35. The Kier molecular flexibility index (Phi) is 5.00. The molecule has 0 unspecified atom stereocenters. The molecule has 1 fully saturated rings. The van der Waals surface area contributed by atoms with Crippen molar-refractivity contribution in [1.82, 2.24) is 14.7 Å².